The molecule has 6 heteroatoms. The Labute approximate surface area is 114 Å². The molecule has 0 unspecified atom stereocenters. The fraction of sp³-hybridized carbons (Fsp3) is 0.455. The largest absolute Gasteiger partial charge is 0.323 e. The molecular formula is C11H15BrClN3O. The SMILES string of the molecule is CCC(N)(CC)C(=O)Nc1cnc(Cl)c(Br)c1. The van der Waals surface area contributed by atoms with Gasteiger partial charge in [-0.25, -0.2) is 4.98 Å². The van der Waals surface area contributed by atoms with Gasteiger partial charge in [-0.1, -0.05) is 25.4 Å². The lowest BCUT2D eigenvalue weighted by Gasteiger charge is -2.25. The first-order valence-corrected chi connectivity index (χ1v) is 6.51. The number of nitrogens with zero attached hydrogens (tertiary/aromatic N) is 1. The first-order chi connectivity index (χ1) is 7.92. The van der Waals surface area contributed by atoms with Crippen LogP contribution < -0.4 is 11.1 Å². The van der Waals surface area contributed by atoms with Gasteiger partial charge in [-0.15, -0.1) is 0 Å². The van der Waals surface area contributed by atoms with Gasteiger partial charge >= 0.3 is 0 Å². The Morgan fingerprint density at radius 3 is 2.65 bits per heavy atom. The van der Waals surface area contributed by atoms with E-state index in [1.165, 1.54) is 6.20 Å². The van der Waals surface area contributed by atoms with Crippen LogP contribution in [-0.2, 0) is 4.79 Å². The Morgan fingerprint density at radius 1 is 1.59 bits per heavy atom. The summed E-state index contributed by atoms with van der Waals surface area (Å²) in [6.45, 7) is 3.78. The number of nitrogens with one attached hydrogen (secondary N) is 1. The van der Waals surface area contributed by atoms with E-state index in [4.69, 9.17) is 17.3 Å². The van der Waals surface area contributed by atoms with Crippen molar-refractivity contribution in [2.75, 3.05) is 5.32 Å². The average Bonchev–Trinajstić information content (AvgIpc) is 2.32. The fourth-order valence-electron chi connectivity index (χ4n) is 1.32. The van der Waals surface area contributed by atoms with Gasteiger partial charge in [0.1, 0.15) is 5.15 Å². The highest BCUT2D eigenvalue weighted by atomic mass is 79.9. The van der Waals surface area contributed by atoms with Gasteiger partial charge < -0.3 is 11.1 Å². The number of carbonyl (C=O) groups excluding carboxylic acids is 1. The van der Waals surface area contributed by atoms with E-state index in [1.54, 1.807) is 6.07 Å². The van der Waals surface area contributed by atoms with Crippen molar-refractivity contribution >= 4 is 39.1 Å². The van der Waals surface area contributed by atoms with Crippen molar-refractivity contribution in [1.29, 1.82) is 0 Å². The minimum atomic E-state index is -0.841. The van der Waals surface area contributed by atoms with Crippen LogP contribution in [-0.4, -0.2) is 16.4 Å². The van der Waals surface area contributed by atoms with Crippen LogP contribution in [0.1, 0.15) is 26.7 Å². The van der Waals surface area contributed by atoms with Crippen molar-refractivity contribution in [3.05, 3.63) is 21.9 Å². The summed E-state index contributed by atoms with van der Waals surface area (Å²) in [6.07, 6.45) is 2.66. The molecule has 0 atom stereocenters. The van der Waals surface area contributed by atoms with Crippen LogP contribution in [0.3, 0.4) is 0 Å². The number of halogens is 2. The molecule has 3 N–H and O–H groups in total. The number of hydrogen-bond acceptors (Lipinski definition) is 3. The first kappa shape index (κ1) is 14.4. The zero-order valence-electron chi connectivity index (χ0n) is 9.76. The minimum absolute atomic E-state index is 0.210. The summed E-state index contributed by atoms with van der Waals surface area (Å²) in [5.74, 6) is -0.210. The first-order valence-electron chi connectivity index (χ1n) is 5.34. The maximum Gasteiger partial charge on any atom is 0.244 e. The molecular weight excluding hydrogens is 305 g/mol. The van der Waals surface area contributed by atoms with E-state index in [2.05, 4.69) is 26.2 Å². The lowest BCUT2D eigenvalue weighted by Crippen LogP contribution is -2.50. The predicted molar refractivity (Wildman–Crippen MR) is 73.1 cm³/mol. The second-order valence-electron chi connectivity index (χ2n) is 3.81. The van der Waals surface area contributed by atoms with Crippen LogP contribution in [0.15, 0.2) is 16.7 Å². The van der Waals surface area contributed by atoms with Gasteiger partial charge in [0.05, 0.1) is 21.9 Å². The van der Waals surface area contributed by atoms with Gasteiger partial charge in [0.15, 0.2) is 0 Å². The van der Waals surface area contributed by atoms with Crippen LogP contribution in [0.2, 0.25) is 5.15 Å². The zero-order chi connectivity index (χ0) is 13.1. The van der Waals surface area contributed by atoms with Gasteiger partial charge in [-0.2, -0.15) is 0 Å². The molecule has 94 valence electrons. The van der Waals surface area contributed by atoms with Gasteiger partial charge in [0.25, 0.3) is 0 Å². The Kier molecular flexibility index (Phi) is 4.91. The summed E-state index contributed by atoms with van der Waals surface area (Å²) in [5.41, 5.74) is 5.72. The van der Waals surface area contributed by atoms with Gasteiger partial charge in [0.2, 0.25) is 5.91 Å². The number of aromatic nitrogens is 1. The zero-order valence-corrected chi connectivity index (χ0v) is 12.1. The monoisotopic (exact) mass is 319 g/mol. The summed E-state index contributed by atoms with van der Waals surface area (Å²) in [4.78, 5) is 15.9. The number of amides is 1. The fourth-order valence-corrected chi connectivity index (χ4v) is 1.77. The number of pyridine rings is 1. The van der Waals surface area contributed by atoms with Crippen molar-refractivity contribution in [3.8, 4) is 0 Å². The van der Waals surface area contributed by atoms with Gasteiger partial charge in [-0.3, -0.25) is 4.79 Å². The Hall–Kier alpha value is -0.650. The van der Waals surface area contributed by atoms with E-state index < -0.39 is 5.54 Å². The molecule has 0 radical (unpaired) electrons. The lowest BCUT2D eigenvalue weighted by atomic mass is 9.93. The molecule has 0 aliphatic rings. The number of rotatable bonds is 4. The van der Waals surface area contributed by atoms with Crippen LogP contribution in [0.5, 0.6) is 0 Å². The molecule has 4 nitrogen and oxygen atoms in total. The number of anilines is 1. The standard InChI is InChI=1S/C11H15BrClN3O/c1-3-11(14,4-2)10(17)16-7-5-8(12)9(13)15-6-7/h5-6H,3-4,14H2,1-2H3,(H,16,17). The van der Waals surface area contributed by atoms with Gasteiger partial charge in [0, 0.05) is 0 Å². The van der Waals surface area contributed by atoms with Crippen molar-refractivity contribution in [2.24, 2.45) is 5.73 Å². The highest BCUT2D eigenvalue weighted by Gasteiger charge is 2.29. The molecule has 0 spiro atoms. The highest BCUT2D eigenvalue weighted by molar-refractivity contribution is 9.10. The molecule has 1 amide bonds. The van der Waals surface area contributed by atoms with Crippen molar-refractivity contribution in [2.45, 2.75) is 32.2 Å². The Morgan fingerprint density at radius 2 is 2.18 bits per heavy atom. The second-order valence-corrected chi connectivity index (χ2v) is 5.03. The quantitative estimate of drug-likeness (QED) is 0.838. The number of carbonyl (C=O) groups is 1. The highest BCUT2D eigenvalue weighted by Crippen LogP contribution is 2.23. The number of hydrogen-bond donors (Lipinski definition) is 2. The molecule has 0 aliphatic heterocycles. The van der Waals surface area contributed by atoms with Crippen molar-refractivity contribution < 1.29 is 4.79 Å². The smallest absolute Gasteiger partial charge is 0.244 e. The van der Waals surface area contributed by atoms with Crippen LogP contribution in [0, 0.1) is 0 Å². The molecule has 0 aromatic carbocycles. The summed E-state index contributed by atoms with van der Waals surface area (Å²) < 4.78 is 0.632. The maximum absolute atomic E-state index is 12.0. The third kappa shape index (κ3) is 3.40. The van der Waals surface area contributed by atoms with E-state index >= 15 is 0 Å². The number of nitrogens with two attached hydrogens (primary N) is 1. The van der Waals surface area contributed by atoms with E-state index in [1.807, 2.05) is 13.8 Å². The molecule has 0 fully saturated rings. The van der Waals surface area contributed by atoms with Crippen LogP contribution in [0.4, 0.5) is 5.69 Å². The van der Waals surface area contributed by atoms with E-state index in [0.29, 0.717) is 28.2 Å². The Bertz CT molecular complexity index is 421. The summed E-state index contributed by atoms with van der Waals surface area (Å²) >= 11 is 9.01. The normalized spacial score (nSPS) is 11.4. The van der Waals surface area contributed by atoms with Crippen molar-refractivity contribution in [1.82, 2.24) is 4.98 Å². The van der Waals surface area contributed by atoms with E-state index in [9.17, 15) is 4.79 Å². The topological polar surface area (TPSA) is 68.0 Å². The van der Waals surface area contributed by atoms with Crippen LogP contribution >= 0.6 is 27.5 Å². The third-order valence-corrected chi connectivity index (χ3v) is 3.90. The van der Waals surface area contributed by atoms with Crippen LogP contribution in [0.25, 0.3) is 0 Å². The second kappa shape index (κ2) is 5.80. The summed E-state index contributed by atoms with van der Waals surface area (Å²) in [5, 5.41) is 3.09. The molecule has 17 heavy (non-hydrogen) atoms. The Balaban J connectivity index is 2.84. The third-order valence-electron chi connectivity index (χ3n) is 2.77. The molecule has 0 saturated carbocycles. The summed E-state index contributed by atoms with van der Waals surface area (Å²) in [7, 11) is 0. The van der Waals surface area contributed by atoms with E-state index in [-0.39, 0.29) is 5.91 Å². The molecule has 1 rings (SSSR count). The summed E-state index contributed by atoms with van der Waals surface area (Å²) in [6, 6.07) is 1.69. The molecule has 1 aromatic rings. The molecule has 0 aliphatic carbocycles. The average molecular weight is 321 g/mol. The van der Waals surface area contributed by atoms with Crippen molar-refractivity contribution in [3.63, 3.8) is 0 Å². The van der Waals surface area contributed by atoms with E-state index in [0.717, 1.165) is 0 Å². The van der Waals surface area contributed by atoms with Gasteiger partial charge in [-0.05, 0) is 34.8 Å². The minimum Gasteiger partial charge on any atom is -0.323 e. The molecule has 0 bridgehead atoms. The molecule has 1 aromatic heterocycles. The molecule has 0 saturated heterocycles. The predicted octanol–water partition coefficient (Wildman–Crippen LogP) is 2.95. The molecule has 1 heterocycles. The maximum atomic E-state index is 12.0. The lowest BCUT2D eigenvalue weighted by molar-refractivity contribution is -0.121.